The first-order chi connectivity index (χ1) is 27.5. The summed E-state index contributed by atoms with van der Waals surface area (Å²) in [6.07, 6.45) is 1.29. The van der Waals surface area contributed by atoms with E-state index in [0.29, 0.717) is 19.3 Å². The molecule has 9 N–H and O–H groups in total. The zero-order chi connectivity index (χ0) is 44.8. The average molecular weight is 830 g/mol. The van der Waals surface area contributed by atoms with Crippen molar-refractivity contribution in [1.29, 1.82) is 0 Å². The summed E-state index contributed by atoms with van der Waals surface area (Å²) in [5, 5.41) is 26.6. The second-order valence-corrected chi connectivity index (χ2v) is 17.8. The summed E-state index contributed by atoms with van der Waals surface area (Å²) in [7, 11) is 0. The number of benzene rings is 1. The maximum Gasteiger partial charge on any atom is 0.305 e. The highest BCUT2D eigenvalue weighted by atomic mass is 16.4. The van der Waals surface area contributed by atoms with E-state index < -0.39 is 42.2 Å². The van der Waals surface area contributed by atoms with Gasteiger partial charge in [-0.1, -0.05) is 85.7 Å². The highest BCUT2D eigenvalue weighted by Crippen LogP contribution is 2.14. The van der Waals surface area contributed by atoms with Gasteiger partial charge in [-0.15, -0.1) is 0 Å². The summed E-state index contributed by atoms with van der Waals surface area (Å²) in [5.74, 6) is -2.52. The Kier molecular flexibility index (Phi) is 24.3. The number of nitrogens with two attached hydrogens (primary N) is 1. The van der Waals surface area contributed by atoms with Crippen LogP contribution in [0.3, 0.4) is 0 Å². The lowest BCUT2D eigenvalue weighted by Crippen LogP contribution is -2.48. The topological polar surface area (TPSA) is 238 Å². The Labute approximate surface area is 352 Å². The lowest BCUT2D eigenvalue weighted by atomic mass is 9.97. The summed E-state index contributed by atoms with van der Waals surface area (Å²) < 4.78 is 0. The lowest BCUT2D eigenvalue weighted by molar-refractivity contribution is -0.138. The summed E-state index contributed by atoms with van der Waals surface area (Å²) >= 11 is 0. The van der Waals surface area contributed by atoms with E-state index in [-0.39, 0.29) is 110 Å². The van der Waals surface area contributed by atoms with Gasteiger partial charge < -0.3 is 42.7 Å². The molecule has 0 bridgehead atoms. The largest absolute Gasteiger partial charge is 0.481 e. The smallest absolute Gasteiger partial charge is 0.305 e. The molecule has 0 spiro atoms. The first kappa shape index (κ1) is 52.5. The van der Waals surface area contributed by atoms with Crippen molar-refractivity contribution >= 4 is 41.4 Å². The third-order valence-electron chi connectivity index (χ3n) is 9.85. The number of carbonyl (C=O) groups is 7. The summed E-state index contributed by atoms with van der Waals surface area (Å²) in [6, 6.07) is 6.10. The fourth-order valence-corrected chi connectivity index (χ4v) is 6.81. The van der Waals surface area contributed by atoms with E-state index in [1.165, 1.54) is 0 Å². The Morgan fingerprint density at radius 1 is 0.492 bits per heavy atom. The van der Waals surface area contributed by atoms with Crippen molar-refractivity contribution in [2.24, 2.45) is 29.4 Å². The van der Waals surface area contributed by atoms with E-state index in [1.54, 1.807) is 13.8 Å². The van der Waals surface area contributed by atoms with Crippen LogP contribution in [0.1, 0.15) is 133 Å². The van der Waals surface area contributed by atoms with Gasteiger partial charge in [0.15, 0.2) is 0 Å². The number of hydrogen-bond donors (Lipinski definition) is 8. The minimum atomic E-state index is -1.00. The molecular weight excluding hydrogens is 755 g/mol. The molecule has 0 aliphatic carbocycles. The molecule has 334 valence electrons. The Bertz CT molecular complexity index is 1490. The molecule has 1 rings (SSSR count). The van der Waals surface area contributed by atoms with Gasteiger partial charge >= 0.3 is 5.97 Å². The normalized spacial score (nSPS) is 15.0. The van der Waals surface area contributed by atoms with Gasteiger partial charge in [0.25, 0.3) is 0 Å². The summed E-state index contributed by atoms with van der Waals surface area (Å²) in [5.41, 5.74) is 6.94. The van der Waals surface area contributed by atoms with E-state index in [9.17, 15) is 38.7 Å². The first-order valence-electron chi connectivity index (χ1n) is 21.3. The molecule has 0 radical (unpaired) electrons. The van der Waals surface area contributed by atoms with Crippen LogP contribution in [-0.4, -0.2) is 88.8 Å². The Hall–Kier alpha value is -4.53. The van der Waals surface area contributed by atoms with Crippen molar-refractivity contribution in [3.8, 4) is 0 Å². The Balaban J connectivity index is 2.92. The van der Waals surface area contributed by atoms with Crippen molar-refractivity contribution in [3.05, 3.63) is 35.9 Å². The van der Waals surface area contributed by atoms with E-state index in [4.69, 9.17) is 5.73 Å². The molecule has 0 saturated heterocycles. The number of nitrogens with one attached hydrogen (secondary N) is 6. The van der Waals surface area contributed by atoms with Gasteiger partial charge in [0.05, 0.1) is 6.42 Å². The molecule has 0 aliphatic rings. The Morgan fingerprint density at radius 2 is 0.898 bits per heavy atom. The molecule has 1 aromatic rings. The fourth-order valence-electron chi connectivity index (χ4n) is 6.81. The SMILES string of the molecule is CC(C)C[C@@H](CC(=O)O)NC(=O)C[C@@H](C)NC(=O)C[C@H](NC(=O)C[C@@H](Cc1ccccc1)NC(=O)C[C@H](CC(C)C)NC(=O)C[C@@H](C)NC(=O)C[C@H](N)C(C)C)C(C)C. The molecule has 0 aliphatic heterocycles. The van der Waals surface area contributed by atoms with Crippen molar-refractivity contribution in [1.82, 2.24) is 31.9 Å². The number of amides is 6. The minimum Gasteiger partial charge on any atom is -0.481 e. The molecule has 15 nitrogen and oxygen atoms in total. The number of carboxylic acid groups (broad SMARTS) is 1. The number of carboxylic acids is 1. The van der Waals surface area contributed by atoms with E-state index in [0.717, 1.165) is 5.56 Å². The van der Waals surface area contributed by atoms with Crippen molar-refractivity contribution in [2.75, 3.05) is 0 Å². The second-order valence-electron chi connectivity index (χ2n) is 17.8. The standard InChI is InChI=1S/C44H75N7O8/c1-26(2)16-33(48-38(52)18-30(9)46-42(56)24-36(45)28(5)6)21-40(54)50-35(20-32-14-12-11-13-15-32)22-41(55)51-37(29(7)8)25-43(57)47-31(10)19-39(53)49-34(17-27(3)4)23-44(58)59/h11-15,26-31,33-37H,16-25,45H2,1-10H3,(H,46,56)(H,47,57)(H,48,52)(H,49,53)(H,50,54)(H,51,55)(H,58,59)/t30-,31-,33+,34+,35-,36+,37+/m1/s1. The lowest BCUT2D eigenvalue weighted by Gasteiger charge is -2.26. The number of rotatable bonds is 28. The number of carbonyl (C=O) groups excluding carboxylic acids is 6. The van der Waals surface area contributed by atoms with Crippen molar-refractivity contribution in [3.63, 3.8) is 0 Å². The van der Waals surface area contributed by atoms with E-state index >= 15 is 0 Å². The van der Waals surface area contributed by atoms with Gasteiger partial charge in [-0.2, -0.15) is 0 Å². The van der Waals surface area contributed by atoms with Crippen LogP contribution >= 0.6 is 0 Å². The van der Waals surface area contributed by atoms with E-state index in [2.05, 4.69) is 31.9 Å². The van der Waals surface area contributed by atoms with Gasteiger partial charge in [-0.25, -0.2) is 0 Å². The molecule has 7 atom stereocenters. The van der Waals surface area contributed by atoms with Gasteiger partial charge in [-0.05, 0) is 62.3 Å². The molecule has 0 heterocycles. The summed E-state index contributed by atoms with van der Waals surface area (Å²) in [4.78, 5) is 89.6. The molecular formula is C44H75N7O8. The van der Waals surface area contributed by atoms with Gasteiger partial charge in [0, 0.05) is 80.8 Å². The maximum atomic E-state index is 13.6. The van der Waals surface area contributed by atoms with Gasteiger partial charge in [-0.3, -0.25) is 33.6 Å². The Morgan fingerprint density at radius 3 is 1.36 bits per heavy atom. The van der Waals surface area contributed by atoms with Crippen LogP contribution in [0, 0.1) is 23.7 Å². The highest BCUT2D eigenvalue weighted by Gasteiger charge is 2.27. The maximum absolute atomic E-state index is 13.6. The monoisotopic (exact) mass is 830 g/mol. The molecule has 6 amide bonds. The number of hydrogen-bond acceptors (Lipinski definition) is 8. The van der Waals surface area contributed by atoms with Crippen LogP contribution in [0.15, 0.2) is 30.3 Å². The predicted molar refractivity (Wildman–Crippen MR) is 230 cm³/mol. The molecule has 0 unspecified atom stereocenters. The predicted octanol–water partition coefficient (Wildman–Crippen LogP) is 3.72. The van der Waals surface area contributed by atoms with E-state index in [1.807, 2.05) is 85.7 Å². The quantitative estimate of drug-likeness (QED) is 0.0614. The number of aliphatic carboxylic acids is 1. The minimum absolute atomic E-state index is 0.0102. The van der Waals surface area contributed by atoms with Crippen molar-refractivity contribution in [2.45, 2.75) is 176 Å². The van der Waals surface area contributed by atoms with Crippen LogP contribution < -0.4 is 37.6 Å². The zero-order valence-electron chi connectivity index (χ0n) is 37.2. The first-order valence-corrected chi connectivity index (χ1v) is 21.3. The molecule has 1 aromatic carbocycles. The zero-order valence-corrected chi connectivity index (χ0v) is 37.2. The summed E-state index contributed by atoms with van der Waals surface area (Å²) in [6.45, 7) is 19.0. The molecule has 59 heavy (non-hydrogen) atoms. The fraction of sp³-hybridized carbons (Fsp3) is 0.705. The third kappa shape index (κ3) is 24.9. The average Bonchev–Trinajstić information content (AvgIpc) is 3.06. The third-order valence-corrected chi connectivity index (χ3v) is 9.85. The van der Waals surface area contributed by atoms with Crippen LogP contribution in [0.2, 0.25) is 0 Å². The molecule has 0 fully saturated rings. The molecule has 15 heteroatoms. The molecule has 0 aromatic heterocycles. The van der Waals surface area contributed by atoms with Gasteiger partial charge in [0.1, 0.15) is 0 Å². The van der Waals surface area contributed by atoms with Gasteiger partial charge in [0.2, 0.25) is 35.4 Å². The van der Waals surface area contributed by atoms with Crippen molar-refractivity contribution < 1.29 is 38.7 Å². The highest BCUT2D eigenvalue weighted by molar-refractivity contribution is 5.84. The van der Waals surface area contributed by atoms with Crippen LogP contribution in [0.4, 0.5) is 0 Å². The van der Waals surface area contributed by atoms with Crippen LogP contribution in [0.5, 0.6) is 0 Å². The van der Waals surface area contributed by atoms with Crippen LogP contribution in [0.25, 0.3) is 0 Å². The van der Waals surface area contributed by atoms with Crippen LogP contribution in [-0.2, 0) is 40.0 Å². The second kappa shape index (κ2) is 27.3. The molecule has 0 saturated carbocycles.